The summed E-state index contributed by atoms with van der Waals surface area (Å²) in [5, 5.41) is -6.86. The zero-order valence-electron chi connectivity index (χ0n) is 12.5. The lowest BCUT2D eigenvalue weighted by Crippen LogP contribution is -2.63. The Kier molecular flexibility index (Phi) is 4.88. The number of alkyl halides is 9. The second-order valence-electron chi connectivity index (χ2n) is 6.22. The molecule has 0 aromatic heterocycles. The average molecular weight is 422 g/mol. The number of fused-ring (bicyclic) bond motifs is 2. The fourth-order valence-corrected chi connectivity index (χ4v) is 4.30. The van der Waals surface area contributed by atoms with Crippen LogP contribution >= 0.6 is 0 Å². The van der Waals surface area contributed by atoms with Crippen LogP contribution in [-0.4, -0.2) is 43.6 Å². The lowest BCUT2D eigenvalue weighted by molar-refractivity contribution is -0.383. The maximum Gasteiger partial charge on any atom is 0.460 e. The summed E-state index contributed by atoms with van der Waals surface area (Å²) < 4.78 is 142. The normalized spacial score (nSPS) is 28.5. The third-order valence-electron chi connectivity index (χ3n) is 4.48. The number of rotatable bonds is 5. The quantitative estimate of drug-likeness (QED) is 0.503. The fraction of sp³-hybridized carbons (Fsp3) is 0.917. The van der Waals surface area contributed by atoms with E-state index in [1.807, 2.05) is 0 Å². The number of carbonyl (C=O) groups is 1. The van der Waals surface area contributed by atoms with Crippen molar-refractivity contribution in [1.82, 2.24) is 0 Å². The van der Waals surface area contributed by atoms with Crippen LogP contribution in [0.2, 0.25) is 0 Å². The van der Waals surface area contributed by atoms with Gasteiger partial charge in [-0.05, 0) is 24.7 Å². The van der Waals surface area contributed by atoms with Crippen LogP contribution < -0.4 is 0 Å². The van der Waals surface area contributed by atoms with E-state index in [9.17, 15) is 52.7 Å². The Morgan fingerprint density at radius 1 is 0.808 bits per heavy atom. The smallest absolute Gasteiger partial charge is 0.300 e. The molecule has 0 aliphatic heterocycles. The number of ketones is 1. The van der Waals surface area contributed by atoms with Gasteiger partial charge in [0.2, 0.25) is 0 Å². The molecular formula is C12H11F9O4S. The minimum Gasteiger partial charge on any atom is -0.300 e. The van der Waals surface area contributed by atoms with Crippen molar-refractivity contribution in [2.24, 2.45) is 11.8 Å². The van der Waals surface area contributed by atoms with Gasteiger partial charge in [0.1, 0.15) is 5.78 Å². The maximum absolute atomic E-state index is 13.6. The molecule has 2 bridgehead atoms. The predicted octanol–water partition coefficient (Wildman–Crippen LogP) is 3.52. The second kappa shape index (κ2) is 5.97. The van der Waals surface area contributed by atoms with Crippen molar-refractivity contribution >= 4 is 15.9 Å². The Morgan fingerprint density at radius 3 is 1.62 bits per heavy atom. The largest absolute Gasteiger partial charge is 0.460 e. The maximum atomic E-state index is 13.6. The highest BCUT2D eigenvalue weighted by Crippen LogP contribution is 2.55. The molecule has 0 aromatic rings. The predicted molar refractivity (Wildman–Crippen MR) is 65.1 cm³/mol. The summed E-state index contributed by atoms with van der Waals surface area (Å²) in [4.78, 5) is 11.3. The summed E-state index contributed by atoms with van der Waals surface area (Å²) >= 11 is 0. The molecule has 0 radical (unpaired) electrons. The number of hydrogen-bond acceptors (Lipinski definition) is 4. The van der Waals surface area contributed by atoms with E-state index in [1.165, 1.54) is 0 Å². The van der Waals surface area contributed by atoms with Crippen molar-refractivity contribution in [2.45, 2.75) is 55.1 Å². The molecule has 0 N–H and O–H groups in total. The van der Waals surface area contributed by atoms with Gasteiger partial charge >= 0.3 is 33.4 Å². The number of hydrogen-bond donors (Lipinski definition) is 0. The van der Waals surface area contributed by atoms with E-state index >= 15 is 0 Å². The third kappa shape index (κ3) is 2.98. The van der Waals surface area contributed by atoms with Crippen molar-refractivity contribution in [1.29, 1.82) is 0 Å². The molecule has 0 heterocycles. The summed E-state index contributed by atoms with van der Waals surface area (Å²) in [7, 11) is -6.88. The van der Waals surface area contributed by atoms with E-state index in [2.05, 4.69) is 4.18 Å². The molecule has 2 fully saturated rings. The van der Waals surface area contributed by atoms with E-state index in [-0.39, 0.29) is 31.5 Å². The van der Waals surface area contributed by atoms with Gasteiger partial charge in [-0.25, -0.2) is 0 Å². The van der Waals surface area contributed by atoms with Crippen LogP contribution in [0.5, 0.6) is 0 Å². The molecular weight excluding hydrogens is 411 g/mol. The first kappa shape index (κ1) is 21.3. The Hall–Kier alpha value is -1.05. The van der Waals surface area contributed by atoms with E-state index in [0.717, 1.165) is 0 Å². The summed E-state index contributed by atoms with van der Waals surface area (Å²) in [6.45, 7) is 0. The van der Waals surface area contributed by atoms with Crippen LogP contribution in [0, 0.1) is 11.8 Å². The first-order valence-electron chi connectivity index (χ1n) is 7.10. The summed E-state index contributed by atoms with van der Waals surface area (Å²) in [5.41, 5.74) is 0. The Bertz CT molecular complexity index is 669. The molecule has 152 valence electrons. The number of carbonyl (C=O) groups excluding carboxylic acids is 1. The van der Waals surface area contributed by atoms with Gasteiger partial charge in [0.05, 0.1) is 6.10 Å². The topological polar surface area (TPSA) is 60.4 Å². The molecule has 2 aliphatic carbocycles. The van der Waals surface area contributed by atoms with Gasteiger partial charge in [-0.3, -0.25) is 8.98 Å². The second-order valence-corrected chi connectivity index (χ2v) is 7.84. The zero-order chi connectivity index (χ0) is 20.3. The highest BCUT2D eigenvalue weighted by molar-refractivity contribution is 7.87. The van der Waals surface area contributed by atoms with Crippen LogP contribution in [0.15, 0.2) is 0 Å². The molecule has 14 heteroatoms. The third-order valence-corrected chi connectivity index (χ3v) is 5.84. The first-order valence-corrected chi connectivity index (χ1v) is 8.51. The Morgan fingerprint density at radius 2 is 1.23 bits per heavy atom. The highest BCUT2D eigenvalue weighted by Gasteiger charge is 2.86. The summed E-state index contributed by atoms with van der Waals surface area (Å²) in [6.07, 6.45) is -9.12. The number of Topliss-reactive ketones (excluding diaryl/α,β-unsaturated/α-hetero) is 1. The molecule has 0 unspecified atom stereocenters. The van der Waals surface area contributed by atoms with Crippen LogP contribution in [0.1, 0.15) is 25.7 Å². The first-order chi connectivity index (χ1) is 11.5. The SMILES string of the molecule is O=C1C[C@H]2CC[C@@H](C1)[C@H]2OS(=O)(=O)C(F)(F)C(F)(F)C(F)(F)C(F)(F)F. The van der Waals surface area contributed by atoms with Gasteiger partial charge in [-0.15, -0.1) is 0 Å². The van der Waals surface area contributed by atoms with E-state index in [0.29, 0.717) is 0 Å². The van der Waals surface area contributed by atoms with E-state index in [1.54, 1.807) is 0 Å². The molecule has 0 aromatic carbocycles. The van der Waals surface area contributed by atoms with Gasteiger partial charge in [0.25, 0.3) is 0 Å². The van der Waals surface area contributed by atoms with Gasteiger partial charge < -0.3 is 0 Å². The standard InChI is InChI=1S/C12H11F9O4S/c13-9(14,11(17,18)19)10(15,16)12(20,21)26(23,24)25-8-5-1-2-6(8)4-7(22)3-5/h5-6,8H,1-4H2/t5-,6+,8+. The number of halogens is 9. The lowest BCUT2D eigenvalue weighted by atomic mass is 9.85. The highest BCUT2D eigenvalue weighted by atomic mass is 32.2. The Labute approximate surface area is 140 Å². The summed E-state index contributed by atoms with van der Waals surface area (Å²) in [5.74, 6) is -16.9. The van der Waals surface area contributed by atoms with Crippen molar-refractivity contribution in [3.63, 3.8) is 0 Å². The van der Waals surface area contributed by atoms with Gasteiger partial charge in [0, 0.05) is 12.8 Å². The van der Waals surface area contributed by atoms with Crippen LogP contribution in [0.25, 0.3) is 0 Å². The molecule has 2 aliphatic rings. The summed E-state index contributed by atoms with van der Waals surface area (Å²) in [6, 6.07) is 0. The zero-order valence-corrected chi connectivity index (χ0v) is 13.3. The minimum atomic E-state index is -7.33. The monoisotopic (exact) mass is 422 g/mol. The lowest BCUT2D eigenvalue weighted by Gasteiger charge is -2.35. The van der Waals surface area contributed by atoms with Crippen molar-refractivity contribution in [3.8, 4) is 0 Å². The molecule has 26 heavy (non-hydrogen) atoms. The molecule has 2 rings (SSSR count). The van der Waals surface area contributed by atoms with E-state index < -0.39 is 51.3 Å². The van der Waals surface area contributed by atoms with Gasteiger partial charge in [0.15, 0.2) is 0 Å². The van der Waals surface area contributed by atoms with Crippen LogP contribution in [0.4, 0.5) is 39.5 Å². The molecule has 3 atom stereocenters. The molecule has 4 nitrogen and oxygen atoms in total. The fourth-order valence-electron chi connectivity index (χ4n) is 3.13. The van der Waals surface area contributed by atoms with Crippen molar-refractivity contribution in [2.75, 3.05) is 0 Å². The van der Waals surface area contributed by atoms with Crippen LogP contribution in [-0.2, 0) is 19.1 Å². The van der Waals surface area contributed by atoms with Crippen LogP contribution in [0.3, 0.4) is 0 Å². The Balaban J connectivity index is 2.34. The van der Waals surface area contributed by atoms with Gasteiger partial charge in [-0.2, -0.15) is 47.9 Å². The van der Waals surface area contributed by atoms with Crippen molar-refractivity contribution in [3.05, 3.63) is 0 Å². The average Bonchev–Trinajstić information content (AvgIpc) is 2.68. The van der Waals surface area contributed by atoms with E-state index in [4.69, 9.17) is 0 Å². The minimum absolute atomic E-state index is 0.136. The van der Waals surface area contributed by atoms with Gasteiger partial charge in [-0.1, -0.05) is 0 Å². The molecule has 0 amide bonds. The molecule has 0 spiro atoms. The molecule has 2 saturated carbocycles. The van der Waals surface area contributed by atoms with Crippen molar-refractivity contribution < 1.29 is 56.9 Å². The molecule has 0 saturated heterocycles.